The molecule has 3 rings (SSSR count). The van der Waals surface area contributed by atoms with Crippen molar-refractivity contribution in [2.24, 2.45) is 5.92 Å². The molecule has 2 aliphatic rings. The van der Waals surface area contributed by atoms with Gasteiger partial charge in [0.25, 0.3) is 5.91 Å². The Morgan fingerprint density at radius 1 is 1.22 bits per heavy atom. The average molecular weight is 340 g/mol. The summed E-state index contributed by atoms with van der Waals surface area (Å²) < 4.78 is 35.8. The van der Waals surface area contributed by atoms with E-state index in [4.69, 9.17) is 4.74 Å². The Hall–Kier alpha value is -2.13. The van der Waals surface area contributed by atoms with Gasteiger partial charge in [0.15, 0.2) is 6.61 Å². The molecule has 0 aromatic heterocycles. The number of hydrogen-bond acceptors (Lipinski definition) is 6. The third-order valence-electron chi connectivity index (χ3n) is 3.90. The van der Waals surface area contributed by atoms with Crippen LogP contribution in [0.25, 0.3) is 0 Å². The fourth-order valence-corrected chi connectivity index (χ4v) is 4.14. The Balaban J connectivity index is 1.61. The van der Waals surface area contributed by atoms with E-state index in [1.807, 2.05) is 0 Å². The molecular formula is C14H16N2O6S. The number of sulfonamides is 1. The number of carbonyl (C=O) groups excluding carboxylic acids is 2. The van der Waals surface area contributed by atoms with Gasteiger partial charge in [0, 0.05) is 25.6 Å². The van der Waals surface area contributed by atoms with Crippen LogP contribution in [0.5, 0.6) is 5.75 Å². The Morgan fingerprint density at radius 2 is 1.87 bits per heavy atom. The molecule has 8 nitrogen and oxygen atoms in total. The van der Waals surface area contributed by atoms with Crippen molar-refractivity contribution < 1.29 is 27.5 Å². The van der Waals surface area contributed by atoms with Gasteiger partial charge in [0.2, 0.25) is 10.0 Å². The van der Waals surface area contributed by atoms with Crippen LogP contribution >= 0.6 is 0 Å². The second-order valence-corrected chi connectivity index (χ2v) is 7.36. The predicted molar refractivity (Wildman–Crippen MR) is 78.3 cm³/mol. The van der Waals surface area contributed by atoms with Crippen LogP contribution in [0.2, 0.25) is 0 Å². The van der Waals surface area contributed by atoms with Crippen LogP contribution in [-0.4, -0.2) is 63.0 Å². The van der Waals surface area contributed by atoms with Gasteiger partial charge in [0.05, 0.1) is 12.0 Å². The molecule has 2 saturated heterocycles. The van der Waals surface area contributed by atoms with Gasteiger partial charge < -0.3 is 9.47 Å². The molecule has 0 radical (unpaired) electrons. The quantitative estimate of drug-likeness (QED) is 0.765. The molecule has 0 spiro atoms. The molecule has 2 fully saturated rings. The zero-order valence-electron chi connectivity index (χ0n) is 12.5. The zero-order chi connectivity index (χ0) is 16.6. The molecule has 0 atom stereocenters. The van der Waals surface area contributed by atoms with Crippen molar-refractivity contribution in [2.45, 2.75) is 4.90 Å². The number of methoxy groups -OCH3 is 1. The fraction of sp³-hybridized carbons (Fsp3) is 0.429. The highest BCUT2D eigenvalue weighted by Crippen LogP contribution is 2.27. The summed E-state index contributed by atoms with van der Waals surface area (Å²) in [5.41, 5.74) is 0. The van der Waals surface area contributed by atoms with E-state index in [0.29, 0.717) is 5.75 Å². The standard InChI is InChI=1S/C14H16N2O6S/c1-21-11-2-4-12(5-3-11)23(19,20)15-6-10(7-15)8-16-13(17)9-22-14(16)18/h2-5,10H,6-9H2,1H3. The summed E-state index contributed by atoms with van der Waals surface area (Å²) in [6.07, 6.45) is -0.661. The Kier molecular flexibility index (Phi) is 3.99. The summed E-state index contributed by atoms with van der Waals surface area (Å²) in [5.74, 6) is 0.126. The predicted octanol–water partition coefficient (Wildman–Crippen LogP) is 0.294. The Bertz CT molecular complexity index is 708. The summed E-state index contributed by atoms with van der Waals surface area (Å²) >= 11 is 0. The molecule has 23 heavy (non-hydrogen) atoms. The first-order valence-corrected chi connectivity index (χ1v) is 8.47. The molecule has 1 aromatic rings. The third kappa shape index (κ3) is 2.89. The molecule has 2 heterocycles. The van der Waals surface area contributed by atoms with Crippen LogP contribution in [0, 0.1) is 5.92 Å². The lowest BCUT2D eigenvalue weighted by molar-refractivity contribution is -0.126. The summed E-state index contributed by atoms with van der Waals surface area (Å²) in [4.78, 5) is 24.0. The highest BCUT2D eigenvalue weighted by Gasteiger charge is 2.41. The lowest BCUT2D eigenvalue weighted by Crippen LogP contribution is -2.54. The van der Waals surface area contributed by atoms with E-state index in [1.165, 1.54) is 23.5 Å². The molecular weight excluding hydrogens is 324 g/mol. The van der Waals surface area contributed by atoms with E-state index in [2.05, 4.69) is 4.74 Å². The van der Waals surface area contributed by atoms with Gasteiger partial charge >= 0.3 is 6.09 Å². The van der Waals surface area contributed by atoms with Crippen molar-refractivity contribution in [1.82, 2.24) is 9.21 Å². The lowest BCUT2D eigenvalue weighted by atomic mass is 10.0. The van der Waals surface area contributed by atoms with Gasteiger partial charge in [-0.3, -0.25) is 4.79 Å². The molecule has 124 valence electrons. The monoisotopic (exact) mass is 340 g/mol. The van der Waals surface area contributed by atoms with Crippen LogP contribution < -0.4 is 4.74 Å². The second-order valence-electron chi connectivity index (χ2n) is 5.42. The first-order chi connectivity index (χ1) is 10.9. The number of hydrogen-bond donors (Lipinski definition) is 0. The highest BCUT2D eigenvalue weighted by atomic mass is 32.2. The van der Waals surface area contributed by atoms with Crippen molar-refractivity contribution in [1.29, 1.82) is 0 Å². The van der Waals surface area contributed by atoms with E-state index < -0.39 is 16.1 Å². The van der Waals surface area contributed by atoms with Crippen LogP contribution in [0.15, 0.2) is 29.2 Å². The fourth-order valence-electron chi connectivity index (χ4n) is 2.55. The molecule has 0 unspecified atom stereocenters. The van der Waals surface area contributed by atoms with E-state index in [0.717, 1.165) is 4.90 Å². The number of benzene rings is 1. The highest BCUT2D eigenvalue weighted by molar-refractivity contribution is 7.89. The minimum absolute atomic E-state index is 0.0716. The van der Waals surface area contributed by atoms with Gasteiger partial charge in [-0.15, -0.1) is 0 Å². The molecule has 0 aliphatic carbocycles. The van der Waals surface area contributed by atoms with E-state index in [-0.39, 0.29) is 43.0 Å². The SMILES string of the molecule is COc1ccc(S(=O)(=O)N2CC(CN3C(=O)COC3=O)C2)cc1. The van der Waals surface area contributed by atoms with Gasteiger partial charge in [-0.05, 0) is 24.3 Å². The second kappa shape index (κ2) is 5.82. The largest absolute Gasteiger partial charge is 0.497 e. The number of carbonyl (C=O) groups is 2. The third-order valence-corrected chi connectivity index (χ3v) is 5.75. The minimum Gasteiger partial charge on any atom is -0.497 e. The van der Waals surface area contributed by atoms with Gasteiger partial charge in [-0.1, -0.05) is 0 Å². The molecule has 0 N–H and O–H groups in total. The van der Waals surface area contributed by atoms with E-state index in [1.54, 1.807) is 12.1 Å². The average Bonchev–Trinajstić information content (AvgIpc) is 2.81. The molecule has 1 aromatic carbocycles. The topological polar surface area (TPSA) is 93.2 Å². The number of rotatable bonds is 5. The molecule has 0 saturated carbocycles. The lowest BCUT2D eigenvalue weighted by Gasteiger charge is -2.38. The normalized spacial score (nSPS) is 19.6. The summed E-state index contributed by atoms with van der Waals surface area (Å²) in [6, 6.07) is 6.15. The minimum atomic E-state index is -3.56. The van der Waals surface area contributed by atoms with Crippen LogP contribution in [0.3, 0.4) is 0 Å². The summed E-state index contributed by atoms with van der Waals surface area (Å²) in [7, 11) is -2.05. The Labute approximate surface area is 133 Å². The van der Waals surface area contributed by atoms with Crippen molar-refractivity contribution in [3.63, 3.8) is 0 Å². The van der Waals surface area contributed by atoms with E-state index >= 15 is 0 Å². The van der Waals surface area contributed by atoms with Crippen LogP contribution in [-0.2, 0) is 19.6 Å². The van der Waals surface area contributed by atoms with Crippen molar-refractivity contribution >= 4 is 22.0 Å². The van der Waals surface area contributed by atoms with E-state index in [9.17, 15) is 18.0 Å². The number of cyclic esters (lactones) is 1. The summed E-state index contributed by atoms with van der Waals surface area (Å²) in [6.45, 7) is 0.489. The van der Waals surface area contributed by atoms with Crippen LogP contribution in [0.4, 0.5) is 4.79 Å². The number of imide groups is 1. The van der Waals surface area contributed by atoms with Crippen molar-refractivity contribution in [2.75, 3.05) is 33.4 Å². The van der Waals surface area contributed by atoms with Crippen molar-refractivity contribution in [3.05, 3.63) is 24.3 Å². The van der Waals surface area contributed by atoms with Gasteiger partial charge in [-0.25, -0.2) is 18.1 Å². The maximum absolute atomic E-state index is 12.4. The smallest absolute Gasteiger partial charge is 0.417 e. The first kappa shape index (κ1) is 15.8. The zero-order valence-corrected chi connectivity index (χ0v) is 13.3. The maximum Gasteiger partial charge on any atom is 0.417 e. The molecule has 2 amide bonds. The van der Waals surface area contributed by atoms with Gasteiger partial charge in [-0.2, -0.15) is 4.31 Å². The number of amides is 2. The molecule has 2 aliphatic heterocycles. The number of nitrogens with zero attached hydrogens (tertiary/aromatic N) is 2. The molecule has 0 bridgehead atoms. The van der Waals surface area contributed by atoms with Gasteiger partial charge in [0.1, 0.15) is 5.75 Å². The molecule has 9 heteroatoms. The number of ether oxygens (including phenoxy) is 2. The Morgan fingerprint density at radius 3 is 2.39 bits per heavy atom. The maximum atomic E-state index is 12.4. The summed E-state index contributed by atoms with van der Waals surface area (Å²) in [5, 5.41) is 0. The van der Waals surface area contributed by atoms with Crippen LogP contribution in [0.1, 0.15) is 0 Å². The van der Waals surface area contributed by atoms with Crippen molar-refractivity contribution in [3.8, 4) is 5.75 Å². The first-order valence-electron chi connectivity index (χ1n) is 7.03.